The summed E-state index contributed by atoms with van der Waals surface area (Å²) in [5.74, 6) is 0.240. The average molecular weight is 507 g/mol. The average Bonchev–Trinajstić information content (AvgIpc) is 2.82. The third-order valence-electron chi connectivity index (χ3n) is 5.03. The summed E-state index contributed by atoms with van der Waals surface area (Å²) >= 11 is 5.82. The van der Waals surface area contributed by atoms with Crippen molar-refractivity contribution in [1.82, 2.24) is 5.32 Å². The number of ether oxygens (including phenoxy) is 2. The lowest BCUT2D eigenvalue weighted by atomic mass is 10.1. The van der Waals surface area contributed by atoms with Crippen molar-refractivity contribution in [3.05, 3.63) is 88.2 Å². The molecule has 0 atom stereocenters. The van der Waals surface area contributed by atoms with Crippen molar-refractivity contribution in [3.63, 3.8) is 0 Å². The lowest BCUT2D eigenvalue weighted by Crippen LogP contribution is -2.29. The smallest absolute Gasteiger partial charge is 0.251 e. The molecule has 180 valence electrons. The predicted molar refractivity (Wildman–Crippen MR) is 130 cm³/mol. The van der Waals surface area contributed by atoms with E-state index < -0.39 is 15.8 Å². The van der Waals surface area contributed by atoms with E-state index in [1.54, 1.807) is 43.5 Å². The number of benzene rings is 3. The van der Waals surface area contributed by atoms with Crippen molar-refractivity contribution in [2.45, 2.75) is 13.1 Å². The number of carbonyl (C=O) groups excluding carboxylic acids is 1. The third-order valence-corrected chi connectivity index (χ3v) is 6.47. The number of hydrogen-bond donors (Lipinski definition) is 1. The van der Waals surface area contributed by atoms with Gasteiger partial charge in [0.05, 0.1) is 37.7 Å². The van der Waals surface area contributed by atoms with Gasteiger partial charge in [0.2, 0.25) is 10.0 Å². The molecule has 1 N–H and O–H groups in total. The molecule has 0 unspecified atom stereocenters. The lowest BCUT2D eigenvalue weighted by molar-refractivity contribution is 0.0951. The number of carbonyl (C=O) groups is 1. The molecule has 0 heterocycles. The molecule has 1 amide bonds. The van der Waals surface area contributed by atoms with E-state index in [0.29, 0.717) is 22.6 Å². The Kier molecular flexibility index (Phi) is 8.01. The number of hydrogen-bond acceptors (Lipinski definition) is 5. The Morgan fingerprint density at radius 2 is 1.62 bits per heavy atom. The molecule has 0 saturated carbocycles. The Bertz CT molecular complexity index is 1280. The number of nitrogens with one attached hydrogen (secondary N) is 1. The van der Waals surface area contributed by atoms with Crippen LogP contribution >= 0.6 is 11.6 Å². The van der Waals surface area contributed by atoms with Gasteiger partial charge in [-0.05, 0) is 53.6 Å². The molecular formula is C24H24ClFN2O5S. The maximum Gasteiger partial charge on any atom is 0.251 e. The molecule has 3 aromatic rings. The van der Waals surface area contributed by atoms with Crippen LogP contribution in [-0.2, 0) is 23.1 Å². The molecule has 34 heavy (non-hydrogen) atoms. The first-order chi connectivity index (χ1) is 16.1. The highest BCUT2D eigenvalue weighted by Crippen LogP contribution is 2.28. The zero-order chi connectivity index (χ0) is 24.9. The summed E-state index contributed by atoms with van der Waals surface area (Å²) in [6, 6.07) is 15.6. The highest BCUT2D eigenvalue weighted by Gasteiger charge is 2.19. The molecule has 0 radical (unpaired) electrons. The third kappa shape index (κ3) is 6.18. The molecule has 0 saturated heterocycles. The van der Waals surface area contributed by atoms with Crippen LogP contribution in [0.5, 0.6) is 11.5 Å². The SMILES string of the molecule is COc1ccc(CNC(=O)c2ccc(CN(c3ccc(F)c(Cl)c3)S(C)(=O)=O)cc2)cc1OC. The lowest BCUT2D eigenvalue weighted by Gasteiger charge is -2.23. The van der Waals surface area contributed by atoms with Gasteiger partial charge in [0.1, 0.15) is 5.82 Å². The van der Waals surface area contributed by atoms with Crippen molar-refractivity contribution in [3.8, 4) is 11.5 Å². The van der Waals surface area contributed by atoms with Crippen molar-refractivity contribution in [2.75, 3.05) is 24.8 Å². The van der Waals surface area contributed by atoms with Gasteiger partial charge < -0.3 is 14.8 Å². The molecule has 0 bridgehead atoms. The fourth-order valence-corrected chi connectivity index (χ4v) is 4.30. The molecule has 0 aliphatic rings. The number of nitrogens with zero attached hydrogens (tertiary/aromatic N) is 1. The first kappa shape index (κ1) is 25.3. The largest absolute Gasteiger partial charge is 0.493 e. The number of sulfonamides is 1. The Labute approximate surface area is 203 Å². The summed E-state index contributed by atoms with van der Waals surface area (Å²) in [6.07, 6.45) is 1.06. The zero-order valence-electron chi connectivity index (χ0n) is 18.8. The van der Waals surface area contributed by atoms with Crippen LogP contribution in [-0.4, -0.2) is 34.8 Å². The fraction of sp³-hybridized carbons (Fsp3) is 0.208. The summed E-state index contributed by atoms with van der Waals surface area (Å²) < 4.78 is 49.7. The highest BCUT2D eigenvalue weighted by molar-refractivity contribution is 7.92. The van der Waals surface area contributed by atoms with Gasteiger partial charge >= 0.3 is 0 Å². The summed E-state index contributed by atoms with van der Waals surface area (Å²) in [4.78, 5) is 12.6. The van der Waals surface area contributed by atoms with Gasteiger partial charge in [-0.2, -0.15) is 0 Å². The molecule has 10 heteroatoms. The predicted octanol–water partition coefficient (Wildman–Crippen LogP) is 4.39. The number of anilines is 1. The van der Waals surface area contributed by atoms with E-state index in [4.69, 9.17) is 21.1 Å². The van der Waals surface area contributed by atoms with Gasteiger partial charge in [-0.25, -0.2) is 12.8 Å². The second kappa shape index (κ2) is 10.8. The van der Waals surface area contributed by atoms with E-state index in [9.17, 15) is 17.6 Å². The van der Waals surface area contributed by atoms with Crippen molar-refractivity contribution in [1.29, 1.82) is 0 Å². The number of halogens is 2. The first-order valence-electron chi connectivity index (χ1n) is 10.1. The van der Waals surface area contributed by atoms with E-state index in [1.165, 1.54) is 19.2 Å². The Hall–Kier alpha value is -3.30. The Morgan fingerprint density at radius 3 is 2.21 bits per heavy atom. The van der Waals surface area contributed by atoms with Crippen LogP contribution < -0.4 is 19.1 Å². The summed E-state index contributed by atoms with van der Waals surface area (Å²) in [5, 5.41) is 2.66. The zero-order valence-corrected chi connectivity index (χ0v) is 20.4. The molecule has 7 nitrogen and oxygen atoms in total. The van der Waals surface area contributed by atoms with Crippen molar-refractivity contribution in [2.24, 2.45) is 0 Å². The van der Waals surface area contributed by atoms with Crippen LogP contribution in [0.3, 0.4) is 0 Å². The summed E-state index contributed by atoms with van der Waals surface area (Å²) in [7, 11) is -0.581. The monoisotopic (exact) mass is 506 g/mol. The molecule has 3 aromatic carbocycles. The normalized spacial score (nSPS) is 11.1. The number of methoxy groups -OCH3 is 2. The highest BCUT2D eigenvalue weighted by atomic mass is 35.5. The maximum atomic E-state index is 13.5. The van der Waals surface area contributed by atoms with Gasteiger partial charge in [-0.3, -0.25) is 9.10 Å². The molecule has 0 spiro atoms. The molecule has 0 aliphatic carbocycles. The molecular weight excluding hydrogens is 483 g/mol. The van der Waals surface area contributed by atoms with Crippen molar-refractivity contribution < 1.29 is 27.1 Å². The van der Waals surface area contributed by atoms with Crippen LogP contribution in [0.1, 0.15) is 21.5 Å². The van der Waals surface area contributed by atoms with Crippen LogP contribution in [0.15, 0.2) is 60.7 Å². The maximum absolute atomic E-state index is 13.5. The molecule has 0 fully saturated rings. The first-order valence-corrected chi connectivity index (χ1v) is 12.4. The van der Waals surface area contributed by atoms with E-state index >= 15 is 0 Å². The Balaban J connectivity index is 1.69. The number of rotatable bonds is 9. The van der Waals surface area contributed by atoms with E-state index in [-0.39, 0.29) is 29.7 Å². The van der Waals surface area contributed by atoms with Crippen LogP contribution in [0.4, 0.5) is 10.1 Å². The minimum atomic E-state index is -3.67. The van der Waals surface area contributed by atoms with Crippen LogP contribution in [0.2, 0.25) is 5.02 Å². The topological polar surface area (TPSA) is 84.9 Å². The molecule has 3 rings (SSSR count). The van der Waals surface area contributed by atoms with Gasteiger partial charge in [-0.1, -0.05) is 29.8 Å². The van der Waals surface area contributed by atoms with Crippen LogP contribution in [0.25, 0.3) is 0 Å². The standard InChI is InChI=1S/C24H24ClFN2O5S/c1-32-22-11-6-17(12-23(22)33-2)14-27-24(29)18-7-4-16(5-8-18)15-28(34(3,30)31)19-9-10-21(26)20(25)13-19/h4-13H,14-15H2,1-3H3,(H,27,29). The fourth-order valence-electron chi connectivity index (χ4n) is 3.24. The second-order valence-electron chi connectivity index (χ2n) is 7.44. The minimum Gasteiger partial charge on any atom is -0.493 e. The summed E-state index contributed by atoms with van der Waals surface area (Å²) in [5.41, 5.74) is 2.14. The van der Waals surface area contributed by atoms with E-state index in [2.05, 4.69) is 5.32 Å². The molecule has 0 aromatic heterocycles. The minimum absolute atomic E-state index is 0.00562. The van der Waals surface area contributed by atoms with Gasteiger partial charge in [0.25, 0.3) is 5.91 Å². The quantitative estimate of drug-likeness (QED) is 0.465. The van der Waals surface area contributed by atoms with E-state index in [1.807, 2.05) is 6.07 Å². The number of amides is 1. The van der Waals surface area contributed by atoms with Gasteiger partial charge in [-0.15, -0.1) is 0 Å². The van der Waals surface area contributed by atoms with Gasteiger partial charge in [0.15, 0.2) is 11.5 Å². The summed E-state index contributed by atoms with van der Waals surface area (Å²) in [6.45, 7) is 0.280. The second-order valence-corrected chi connectivity index (χ2v) is 9.75. The Morgan fingerprint density at radius 1 is 0.971 bits per heavy atom. The molecule has 0 aliphatic heterocycles. The van der Waals surface area contributed by atoms with Gasteiger partial charge in [0, 0.05) is 12.1 Å². The van der Waals surface area contributed by atoms with E-state index in [0.717, 1.165) is 22.2 Å². The van der Waals surface area contributed by atoms with Crippen molar-refractivity contribution >= 4 is 33.2 Å². The van der Waals surface area contributed by atoms with Crippen LogP contribution in [0, 0.1) is 5.82 Å².